The second-order valence-corrected chi connectivity index (χ2v) is 6.81. The van der Waals surface area contributed by atoms with E-state index in [4.69, 9.17) is 0 Å². The zero-order chi connectivity index (χ0) is 16.4. The molecule has 0 radical (unpaired) electrons. The Morgan fingerprint density at radius 3 is 2.52 bits per heavy atom. The predicted molar refractivity (Wildman–Crippen MR) is 80.0 cm³/mol. The minimum absolute atomic E-state index is 0.205. The van der Waals surface area contributed by atoms with Gasteiger partial charge in [-0.05, 0) is 74.0 Å². The smallest absolute Gasteiger partial charge is 0.387 e. The first-order chi connectivity index (χ1) is 11.1. The fourth-order valence-corrected chi connectivity index (χ4v) is 4.31. The van der Waals surface area contributed by atoms with Gasteiger partial charge in [0.25, 0.3) is 0 Å². The molecule has 0 saturated heterocycles. The van der Waals surface area contributed by atoms with Gasteiger partial charge in [0, 0.05) is 5.92 Å². The van der Waals surface area contributed by atoms with E-state index in [1.54, 1.807) is 6.07 Å². The summed E-state index contributed by atoms with van der Waals surface area (Å²) in [6.07, 6.45) is 7.07. The molecule has 2 fully saturated rings. The summed E-state index contributed by atoms with van der Waals surface area (Å²) in [5.74, 6) is 0.528. The number of carbonyl (C=O) groups is 1. The molecular weight excluding hydrogens is 305 g/mol. The number of fused-ring (bicyclic) bond motifs is 1. The van der Waals surface area contributed by atoms with E-state index in [2.05, 4.69) is 4.74 Å². The lowest BCUT2D eigenvalue weighted by Crippen LogP contribution is -2.30. The lowest BCUT2D eigenvalue weighted by atomic mass is 9.64. The Bertz CT molecular complexity index is 561. The molecule has 23 heavy (non-hydrogen) atoms. The Kier molecular flexibility index (Phi) is 4.93. The molecular formula is C18H21F3O2. The van der Waals surface area contributed by atoms with Crippen LogP contribution in [0.2, 0.25) is 0 Å². The second-order valence-electron chi connectivity index (χ2n) is 6.81. The molecule has 1 unspecified atom stereocenters. The van der Waals surface area contributed by atoms with Gasteiger partial charge in [0.05, 0.1) is 0 Å². The van der Waals surface area contributed by atoms with Gasteiger partial charge in [-0.3, -0.25) is 0 Å². The van der Waals surface area contributed by atoms with Crippen LogP contribution in [0, 0.1) is 23.6 Å². The van der Waals surface area contributed by atoms with E-state index in [1.165, 1.54) is 12.1 Å². The molecule has 5 heteroatoms. The van der Waals surface area contributed by atoms with Crippen molar-refractivity contribution in [1.29, 1.82) is 0 Å². The summed E-state index contributed by atoms with van der Waals surface area (Å²) in [6, 6.07) is 4.33. The summed E-state index contributed by atoms with van der Waals surface area (Å²) in [4.78, 5) is 11.0. The highest BCUT2D eigenvalue weighted by Crippen LogP contribution is 2.47. The maximum Gasteiger partial charge on any atom is 0.387 e. The van der Waals surface area contributed by atoms with E-state index in [9.17, 15) is 18.0 Å². The Morgan fingerprint density at radius 2 is 1.83 bits per heavy atom. The molecule has 2 aliphatic rings. The minimum Gasteiger partial charge on any atom is -0.432 e. The van der Waals surface area contributed by atoms with Crippen molar-refractivity contribution in [3.8, 4) is 5.75 Å². The Labute approximate surface area is 134 Å². The van der Waals surface area contributed by atoms with Crippen LogP contribution in [0.4, 0.5) is 13.2 Å². The standard InChI is InChI=1S/C18H21F3O2/c19-16-9-15(5-6-17(16)23-18(20)21)14-4-3-12-7-11(10-22)1-2-13(12)8-14/h5-6,9-14,18H,1-4,7-8H2/t11-,12-,13-,14?/m1/s1. The SMILES string of the molecule is O=C[C@@H]1CC[C@@H]2CC(c3ccc(OC(F)F)c(F)c3)CC[C@@H]2C1. The molecule has 1 aromatic rings. The number of alkyl halides is 2. The number of hydrogen-bond acceptors (Lipinski definition) is 2. The van der Waals surface area contributed by atoms with Crippen molar-refractivity contribution in [2.75, 3.05) is 0 Å². The van der Waals surface area contributed by atoms with Crippen LogP contribution in [0.25, 0.3) is 0 Å². The van der Waals surface area contributed by atoms with E-state index >= 15 is 0 Å². The fraction of sp³-hybridized carbons (Fsp3) is 0.611. The average molecular weight is 326 g/mol. The first kappa shape index (κ1) is 16.3. The number of ether oxygens (including phenoxy) is 1. The minimum atomic E-state index is -3.02. The van der Waals surface area contributed by atoms with Gasteiger partial charge in [0.15, 0.2) is 11.6 Å². The first-order valence-electron chi connectivity index (χ1n) is 8.26. The van der Waals surface area contributed by atoms with E-state index in [0.717, 1.165) is 50.4 Å². The van der Waals surface area contributed by atoms with Crippen LogP contribution < -0.4 is 4.74 Å². The lowest BCUT2D eigenvalue weighted by Gasteiger charge is -2.41. The van der Waals surface area contributed by atoms with Crippen LogP contribution in [-0.2, 0) is 4.79 Å². The van der Waals surface area contributed by atoms with Crippen molar-refractivity contribution in [3.05, 3.63) is 29.6 Å². The topological polar surface area (TPSA) is 26.3 Å². The van der Waals surface area contributed by atoms with Gasteiger partial charge in [-0.15, -0.1) is 0 Å². The zero-order valence-electron chi connectivity index (χ0n) is 12.9. The fourth-order valence-electron chi connectivity index (χ4n) is 4.31. The van der Waals surface area contributed by atoms with E-state index < -0.39 is 18.2 Å². The van der Waals surface area contributed by atoms with Crippen molar-refractivity contribution in [2.45, 2.75) is 51.1 Å². The maximum absolute atomic E-state index is 13.9. The zero-order valence-corrected chi connectivity index (χ0v) is 12.9. The van der Waals surface area contributed by atoms with E-state index in [1.807, 2.05) is 0 Å². The van der Waals surface area contributed by atoms with Crippen LogP contribution in [0.3, 0.4) is 0 Å². The van der Waals surface area contributed by atoms with Crippen molar-refractivity contribution in [1.82, 2.24) is 0 Å². The molecule has 0 heterocycles. The molecule has 0 aliphatic heterocycles. The van der Waals surface area contributed by atoms with E-state index in [0.29, 0.717) is 11.8 Å². The Morgan fingerprint density at radius 1 is 1.09 bits per heavy atom. The quantitative estimate of drug-likeness (QED) is 0.734. The van der Waals surface area contributed by atoms with Crippen LogP contribution in [0.15, 0.2) is 18.2 Å². The van der Waals surface area contributed by atoms with Crippen molar-refractivity contribution >= 4 is 6.29 Å². The molecule has 0 bridgehead atoms. The average Bonchev–Trinajstić information content (AvgIpc) is 2.55. The summed E-state index contributed by atoms with van der Waals surface area (Å²) >= 11 is 0. The lowest BCUT2D eigenvalue weighted by molar-refractivity contribution is -0.113. The molecule has 0 amide bonds. The monoisotopic (exact) mass is 326 g/mol. The molecule has 2 saturated carbocycles. The highest BCUT2D eigenvalue weighted by Gasteiger charge is 2.36. The van der Waals surface area contributed by atoms with Crippen molar-refractivity contribution in [3.63, 3.8) is 0 Å². The first-order valence-corrected chi connectivity index (χ1v) is 8.26. The molecule has 3 rings (SSSR count). The summed E-state index contributed by atoms with van der Waals surface area (Å²) in [7, 11) is 0. The van der Waals surface area contributed by atoms with Gasteiger partial charge in [0.2, 0.25) is 0 Å². The number of rotatable bonds is 4. The number of halogens is 3. The summed E-state index contributed by atoms with van der Waals surface area (Å²) in [5.41, 5.74) is 0.861. The highest BCUT2D eigenvalue weighted by atomic mass is 19.3. The molecule has 0 spiro atoms. The summed E-state index contributed by atoms with van der Waals surface area (Å²) in [6.45, 7) is -3.02. The van der Waals surface area contributed by atoms with Gasteiger partial charge < -0.3 is 9.53 Å². The number of carbonyl (C=O) groups excluding carboxylic acids is 1. The maximum atomic E-state index is 13.9. The van der Waals surface area contributed by atoms with E-state index in [-0.39, 0.29) is 11.8 Å². The van der Waals surface area contributed by atoms with Crippen molar-refractivity contribution < 1.29 is 22.7 Å². The number of hydrogen-bond donors (Lipinski definition) is 0. The van der Waals surface area contributed by atoms with Gasteiger partial charge >= 0.3 is 6.61 Å². The van der Waals surface area contributed by atoms with Gasteiger partial charge in [-0.2, -0.15) is 8.78 Å². The second kappa shape index (κ2) is 6.93. The summed E-state index contributed by atoms with van der Waals surface area (Å²) in [5, 5.41) is 0. The third kappa shape index (κ3) is 3.70. The molecule has 4 atom stereocenters. The van der Waals surface area contributed by atoms with Gasteiger partial charge in [-0.1, -0.05) is 6.07 Å². The van der Waals surface area contributed by atoms with Gasteiger partial charge in [0.1, 0.15) is 6.29 Å². The molecule has 2 aliphatic carbocycles. The van der Waals surface area contributed by atoms with Crippen LogP contribution >= 0.6 is 0 Å². The van der Waals surface area contributed by atoms with Crippen LogP contribution in [0.5, 0.6) is 5.75 Å². The number of benzene rings is 1. The predicted octanol–water partition coefficient (Wildman–Crippen LogP) is 4.93. The molecule has 1 aromatic carbocycles. The summed E-state index contributed by atoms with van der Waals surface area (Å²) < 4.78 is 42.4. The van der Waals surface area contributed by atoms with Crippen LogP contribution in [0.1, 0.15) is 50.0 Å². The third-order valence-electron chi connectivity index (χ3n) is 5.49. The normalized spacial score (nSPS) is 30.8. The largest absolute Gasteiger partial charge is 0.432 e. The third-order valence-corrected chi connectivity index (χ3v) is 5.49. The Hall–Kier alpha value is -1.52. The highest BCUT2D eigenvalue weighted by molar-refractivity contribution is 5.53. The molecule has 2 nitrogen and oxygen atoms in total. The molecule has 0 aromatic heterocycles. The van der Waals surface area contributed by atoms with Gasteiger partial charge in [-0.25, -0.2) is 4.39 Å². The molecule has 0 N–H and O–H groups in total. The molecule has 126 valence electrons. The van der Waals surface area contributed by atoms with Crippen molar-refractivity contribution in [2.24, 2.45) is 17.8 Å². The Balaban J connectivity index is 1.67. The number of aldehydes is 1. The van der Waals surface area contributed by atoms with Crippen LogP contribution in [-0.4, -0.2) is 12.9 Å².